The molecule has 0 aliphatic carbocycles. The Labute approximate surface area is 125 Å². The molecule has 2 rings (SSSR count). The highest BCUT2D eigenvalue weighted by molar-refractivity contribution is 9.10. The third-order valence-electron chi connectivity index (χ3n) is 2.70. The van der Waals surface area contributed by atoms with Crippen molar-refractivity contribution < 1.29 is 22.0 Å². The van der Waals surface area contributed by atoms with Gasteiger partial charge in [0.15, 0.2) is 0 Å². The molecule has 0 unspecified atom stereocenters. The van der Waals surface area contributed by atoms with Crippen molar-refractivity contribution >= 4 is 21.6 Å². The van der Waals surface area contributed by atoms with Crippen molar-refractivity contribution in [1.82, 2.24) is 0 Å². The van der Waals surface area contributed by atoms with Crippen molar-refractivity contribution in [3.63, 3.8) is 0 Å². The van der Waals surface area contributed by atoms with Crippen molar-refractivity contribution in [3.8, 4) is 0 Å². The zero-order chi connectivity index (χ0) is 15.6. The fourth-order valence-corrected chi connectivity index (χ4v) is 2.26. The summed E-state index contributed by atoms with van der Waals surface area (Å²) in [4.78, 5) is 0. The number of benzene rings is 2. The van der Waals surface area contributed by atoms with E-state index in [0.717, 1.165) is 6.07 Å². The molecule has 0 bridgehead atoms. The van der Waals surface area contributed by atoms with Gasteiger partial charge in [0, 0.05) is 11.0 Å². The second-order valence-corrected chi connectivity index (χ2v) is 5.24. The van der Waals surface area contributed by atoms with Gasteiger partial charge in [-0.25, -0.2) is 8.78 Å². The average Bonchev–Trinajstić information content (AvgIpc) is 2.35. The average molecular weight is 366 g/mol. The predicted octanol–water partition coefficient (Wildman–Crippen LogP) is 5.36. The predicted molar refractivity (Wildman–Crippen MR) is 72.8 cm³/mol. The number of alkyl halides is 3. The van der Waals surface area contributed by atoms with E-state index in [0.29, 0.717) is 22.2 Å². The number of hydrogen-bond donors (Lipinski definition) is 1. The van der Waals surface area contributed by atoms with Crippen LogP contribution in [0.4, 0.5) is 27.6 Å². The summed E-state index contributed by atoms with van der Waals surface area (Å²) in [7, 11) is 0. The van der Waals surface area contributed by atoms with Gasteiger partial charge in [-0.05, 0) is 42.0 Å². The lowest BCUT2D eigenvalue weighted by Gasteiger charge is -2.12. The Morgan fingerprint density at radius 2 is 1.71 bits per heavy atom. The lowest BCUT2D eigenvalue weighted by Crippen LogP contribution is -2.08. The van der Waals surface area contributed by atoms with Crippen LogP contribution in [0.3, 0.4) is 0 Å². The maximum absolute atomic E-state index is 13.5. The SMILES string of the molecule is Fc1cc(Br)cc(CNc2cc(C(F)(F)F)ccc2F)c1. The fourth-order valence-electron chi connectivity index (χ4n) is 1.75. The zero-order valence-corrected chi connectivity index (χ0v) is 12.0. The Balaban J connectivity index is 2.19. The number of halogens is 6. The molecule has 0 atom stereocenters. The van der Waals surface area contributed by atoms with E-state index in [1.807, 2.05) is 0 Å². The van der Waals surface area contributed by atoms with Gasteiger partial charge < -0.3 is 5.32 Å². The van der Waals surface area contributed by atoms with Gasteiger partial charge in [-0.15, -0.1) is 0 Å². The van der Waals surface area contributed by atoms with Crippen molar-refractivity contribution in [1.29, 1.82) is 0 Å². The molecule has 112 valence electrons. The van der Waals surface area contributed by atoms with Crippen LogP contribution in [0.5, 0.6) is 0 Å². The van der Waals surface area contributed by atoms with Gasteiger partial charge in [-0.2, -0.15) is 13.2 Å². The highest BCUT2D eigenvalue weighted by Gasteiger charge is 2.31. The molecule has 0 heterocycles. The van der Waals surface area contributed by atoms with Crippen LogP contribution in [-0.4, -0.2) is 0 Å². The number of anilines is 1. The van der Waals surface area contributed by atoms with Crippen LogP contribution in [0, 0.1) is 11.6 Å². The van der Waals surface area contributed by atoms with Crippen LogP contribution in [0.25, 0.3) is 0 Å². The first-order chi connectivity index (χ1) is 9.75. The van der Waals surface area contributed by atoms with Crippen LogP contribution in [0.2, 0.25) is 0 Å². The molecule has 2 aromatic rings. The van der Waals surface area contributed by atoms with Gasteiger partial charge in [0.25, 0.3) is 0 Å². The van der Waals surface area contributed by atoms with Crippen molar-refractivity contribution in [2.24, 2.45) is 0 Å². The monoisotopic (exact) mass is 365 g/mol. The summed E-state index contributed by atoms with van der Waals surface area (Å²) >= 11 is 3.10. The molecule has 2 aromatic carbocycles. The lowest BCUT2D eigenvalue weighted by molar-refractivity contribution is -0.137. The van der Waals surface area contributed by atoms with E-state index in [2.05, 4.69) is 21.2 Å². The molecule has 0 saturated carbocycles. The van der Waals surface area contributed by atoms with Crippen molar-refractivity contribution in [3.05, 3.63) is 63.6 Å². The molecule has 0 aliphatic rings. The first kappa shape index (κ1) is 15.8. The largest absolute Gasteiger partial charge is 0.416 e. The molecule has 21 heavy (non-hydrogen) atoms. The van der Waals surface area contributed by atoms with Gasteiger partial charge in [-0.3, -0.25) is 0 Å². The second-order valence-electron chi connectivity index (χ2n) is 4.32. The normalized spacial score (nSPS) is 11.5. The van der Waals surface area contributed by atoms with Gasteiger partial charge in [0.1, 0.15) is 11.6 Å². The molecule has 1 N–H and O–H groups in total. The highest BCUT2D eigenvalue weighted by atomic mass is 79.9. The number of nitrogens with one attached hydrogen (secondary N) is 1. The summed E-state index contributed by atoms with van der Waals surface area (Å²) < 4.78 is 64.9. The van der Waals surface area contributed by atoms with E-state index in [1.54, 1.807) is 6.07 Å². The number of rotatable bonds is 3. The molecule has 0 aromatic heterocycles. The quantitative estimate of drug-likeness (QED) is 0.722. The molecule has 0 radical (unpaired) electrons. The molecule has 7 heteroatoms. The van der Waals surface area contributed by atoms with Crippen molar-refractivity contribution in [2.45, 2.75) is 12.7 Å². The summed E-state index contributed by atoms with van der Waals surface area (Å²) in [5, 5.41) is 2.53. The van der Waals surface area contributed by atoms with E-state index < -0.39 is 23.4 Å². The molecule has 0 aliphatic heterocycles. The van der Waals surface area contributed by atoms with Crippen LogP contribution in [0.15, 0.2) is 40.9 Å². The Hall–Kier alpha value is -1.63. The second kappa shape index (κ2) is 6.01. The molecule has 0 spiro atoms. The topological polar surface area (TPSA) is 12.0 Å². The lowest BCUT2D eigenvalue weighted by atomic mass is 10.1. The maximum Gasteiger partial charge on any atom is 0.416 e. The first-order valence-corrected chi connectivity index (χ1v) is 6.60. The minimum Gasteiger partial charge on any atom is -0.379 e. The molecule has 0 saturated heterocycles. The van der Waals surface area contributed by atoms with Crippen LogP contribution < -0.4 is 5.32 Å². The smallest absolute Gasteiger partial charge is 0.379 e. The van der Waals surface area contributed by atoms with Crippen molar-refractivity contribution in [2.75, 3.05) is 5.32 Å². The summed E-state index contributed by atoms with van der Waals surface area (Å²) in [6.45, 7) is -0.00537. The Kier molecular flexibility index (Phi) is 4.51. The fraction of sp³-hybridized carbons (Fsp3) is 0.143. The Morgan fingerprint density at radius 1 is 1.00 bits per heavy atom. The maximum atomic E-state index is 13.5. The molecule has 1 nitrogen and oxygen atoms in total. The Morgan fingerprint density at radius 3 is 2.33 bits per heavy atom. The van der Waals surface area contributed by atoms with E-state index in [4.69, 9.17) is 0 Å². The van der Waals surface area contributed by atoms with Crippen LogP contribution in [-0.2, 0) is 12.7 Å². The van der Waals surface area contributed by atoms with Gasteiger partial charge in [0.05, 0.1) is 11.3 Å². The Bertz CT molecular complexity index is 634. The number of hydrogen-bond acceptors (Lipinski definition) is 1. The van der Waals surface area contributed by atoms with E-state index in [1.165, 1.54) is 12.1 Å². The minimum absolute atomic E-state index is 0.00537. The van der Waals surface area contributed by atoms with Gasteiger partial charge in [-0.1, -0.05) is 15.9 Å². The molecular formula is C14H9BrF5N. The zero-order valence-electron chi connectivity index (χ0n) is 10.4. The molecular weight excluding hydrogens is 357 g/mol. The standard InChI is InChI=1S/C14H9BrF5N/c15-10-3-8(4-11(16)6-10)7-21-13-5-9(14(18,19)20)1-2-12(13)17/h1-6,21H,7H2. The van der Waals surface area contributed by atoms with Crippen LogP contribution >= 0.6 is 15.9 Å². The summed E-state index contributed by atoms with van der Waals surface area (Å²) in [5.74, 6) is -1.30. The third kappa shape index (κ3) is 4.17. The summed E-state index contributed by atoms with van der Waals surface area (Å²) in [5.41, 5.74) is -0.768. The van der Waals surface area contributed by atoms with Crippen LogP contribution in [0.1, 0.15) is 11.1 Å². The summed E-state index contributed by atoms with van der Waals surface area (Å²) in [6.07, 6.45) is -4.55. The van der Waals surface area contributed by atoms with Gasteiger partial charge >= 0.3 is 6.18 Å². The van der Waals surface area contributed by atoms with E-state index in [-0.39, 0.29) is 12.2 Å². The summed E-state index contributed by atoms with van der Waals surface area (Å²) in [6, 6.07) is 6.13. The third-order valence-corrected chi connectivity index (χ3v) is 3.16. The van der Waals surface area contributed by atoms with Gasteiger partial charge in [0.2, 0.25) is 0 Å². The highest BCUT2D eigenvalue weighted by Crippen LogP contribution is 2.32. The van der Waals surface area contributed by atoms with E-state index >= 15 is 0 Å². The minimum atomic E-state index is -4.55. The molecule has 0 amide bonds. The molecule has 0 fully saturated rings. The van der Waals surface area contributed by atoms with E-state index in [9.17, 15) is 22.0 Å². The first-order valence-electron chi connectivity index (χ1n) is 5.81.